The molecular weight excluding hydrogens is 361 g/mol. The minimum atomic E-state index is -4.44. The molecule has 2 aliphatic rings. The van der Waals surface area contributed by atoms with E-state index in [-0.39, 0.29) is 36.4 Å². The molecular formula is C19H23F3N2O3. The van der Waals surface area contributed by atoms with Crippen molar-refractivity contribution in [2.45, 2.75) is 43.9 Å². The van der Waals surface area contributed by atoms with Crippen LogP contribution in [0.15, 0.2) is 24.3 Å². The quantitative estimate of drug-likeness (QED) is 0.838. The lowest BCUT2D eigenvalue weighted by Gasteiger charge is -2.27. The van der Waals surface area contributed by atoms with Crippen LogP contribution in [0.3, 0.4) is 0 Å². The van der Waals surface area contributed by atoms with Gasteiger partial charge in [-0.05, 0) is 56.4 Å². The highest BCUT2D eigenvalue weighted by Gasteiger charge is 2.35. The fourth-order valence-corrected chi connectivity index (χ4v) is 3.28. The molecule has 1 saturated carbocycles. The monoisotopic (exact) mass is 384 g/mol. The molecule has 1 aromatic rings. The Kier molecular flexibility index (Phi) is 5.46. The second-order valence-corrected chi connectivity index (χ2v) is 7.44. The highest BCUT2D eigenvalue weighted by molar-refractivity contribution is 5.94. The highest BCUT2D eigenvalue weighted by Crippen LogP contribution is 2.30. The summed E-state index contributed by atoms with van der Waals surface area (Å²) >= 11 is 0. The number of likely N-dealkylation sites (tertiary alicyclic amines) is 1. The summed E-state index contributed by atoms with van der Waals surface area (Å²) in [4.78, 5) is 25.9. The summed E-state index contributed by atoms with van der Waals surface area (Å²) in [6, 6.07) is 4.15. The molecule has 1 atom stereocenters. The second kappa shape index (κ2) is 7.50. The number of carbonyl (C=O) groups is 2. The van der Waals surface area contributed by atoms with Crippen LogP contribution in [0.1, 0.15) is 48.0 Å². The molecule has 1 heterocycles. The molecule has 27 heavy (non-hydrogen) atoms. The maximum atomic E-state index is 12.6. The first kappa shape index (κ1) is 19.7. The van der Waals surface area contributed by atoms with Crippen molar-refractivity contribution in [2.75, 3.05) is 19.6 Å². The van der Waals surface area contributed by atoms with E-state index >= 15 is 0 Å². The van der Waals surface area contributed by atoms with Gasteiger partial charge in [0, 0.05) is 31.1 Å². The summed E-state index contributed by atoms with van der Waals surface area (Å²) in [5, 5.41) is 13.5. The number of rotatable bonds is 4. The average Bonchev–Trinajstić information content (AvgIpc) is 3.47. The van der Waals surface area contributed by atoms with Gasteiger partial charge in [-0.15, -0.1) is 0 Å². The van der Waals surface area contributed by atoms with Crippen LogP contribution >= 0.6 is 0 Å². The number of nitrogens with zero attached hydrogens (tertiary/aromatic N) is 1. The zero-order valence-corrected chi connectivity index (χ0v) is 14.9. The number of nitrogens with one attached hydrogen (secondary N) is 1. The first-order chi connectivity index (χ1) is 12.7. The lowest BCUT2D eigenvalue weighted by Crippen LogP contribution is -2.44. The number of halogens is 3. The van der Waals surface area contributed by atoms with Gasteiger partial charge in [0.15, 0.2) is 0 Å². The van der Waals surface area contributed by atoms with Gasteiger partial charge in [-0.3, -0.25) is 9.59 Å². The van der Waals surface area contributed by atoms with Gasteiger partial charge in [0.25, 0.3) is 5.91 Å². The summed E-state index contributed by atoms with van der Waals surface area (Å²) in [5.41, 5.74) is -1.68. The molecule has 3 rings (SSSR count). The van der Waals surface area contributed by atoms with Crippen molar-refractivity contribution in [3.63, 3.8) is 0 Å². The van der Waals surface area contributed by atoms with Gasteiger partial charge >= 0.3 is 6.18 Å². The first-order valence-electron chi connectivity index (χ1n) is 9.15. The van der Waals surface area contributed by atoms with Crippen LogP contribution in [-0.4, -0.2) is 47.1 Å². The fraction of sp³-hybridized carbons (Fsp3) is 0.579. The molecule has 1 saturated heterocycles. The zero-order chi connectivity index (χ0) is 19.7. The molecule has 0 unspecified atom stereocenters. The van der Waals surface area contributed by atoms with Gasteiger partial charge in [0.05, 0.1) is 11.2 Å². The Morgan fingerprint density at radius 2 is 1.81 bits per heavy atom. The normalized spacial score (nSPS) is 23.6. The van der Waals surface area contributed by atoms with E-state index in [9.17, 15) is 27.9 Å². The van der Waals surface area contributed by atoms with E-state index in [2.05, 4.69) is 5.32 Å². The number of hydrogen-bond acceptors (Lipinski definition) is 3. The third-order valence-electron chi connectivity index (χ3n) is 5.20. The van der Waals surface area contributed by atoms with Crippen LogP contribution in [0.4, 0.5) is 13.2 Å². The van der Waals surface area contributed by atoms with Crippen molar-refractivity contribution in [1.29, 1.82) is 0 Å². The van der Waals surface area contributed by atoms with Crippen molar-refractivity contribution >= 4 is 11.8 Å². The Morgan fingerprint density at radius 1 is 1.15 bits per heavy atom. The van der Waals surface area contributed by atoms with E-state index in [4.69, 9.17) is 0 Å². The number of carbonyl (C=O) groups excluding carboxylic acids is 2. The predicted octanol–water partition coefficient (Wildman–Crippen LogP) is 2.59. The number of benzene rings is 1. The zero-order valence-electron chi connectivity index (χ0n) is 14.9. The van der Waals surface area contributed by atoms with Crippen LogP contribution in [0.5, 0.6) is 0 Å². The topological polar surface area (TPSA) is 69.6 Å². The lowest BCUT2D eigenvalue weighted by molar-refractivity contribution is -0.137. The van der Waals surface area contributed by atoms with Crippen LogP contribution in [-0.2, 0) is 11.0 Å². The maximum Gasteiger partial charge on any atom is 0.416 e. The van der Waals surface area contributed by atoms with E-state index in [0.29, 0.717) is 25.8 Å². The van der Waals surface area contributed by atoms with Crippen LogP contribution in [0.25, 0.3) is 0 Å². The standard InChI is InChI=1S/C19H23F3N2O3/c20-19(21,22)15-6-4-14(5-7-15)17(26)24-10-1-8-18(27,9-11-24)12-23-16(25)13-2-3-13/h4-7,13,27H,1-3,8-12H2,(H,23,25)/t18-/m0/s1. The second-order valence-electron chi connectivity index (χ2n) is 7.44. The summed E-state index contributed by atoms with van der Waals surface area (Å²) in [6.07, 6.45) is -1.34. The molecule has 0 spiro atoms. The van der Waals surface area contributed by atoms with Crippen molar-refractivity contribution in [2.24, 2.45) is 5.92 Å². The molecule has 1 aliphatic carbocycles. The lowest BCUT2D eigenvalue weighted by atomic mass is 9.95. The molecule has 0 bridgehead atoms. The Hall–Kier alpha value is -2.09. The van der Waals surface area contributed by atoms with Crippen LogP contribution < -0.4 is 5.32 Å². The van der Waals surface area contributed by atoms with E-state index in [1.165, 1.54) is 12.1 Å². The Balaban J connectivity index is 1.58. The van der Waals surface area contributed by atoms with E-state index in [1.54, 1.807) is 4.90 Å². The molecule has 2 N–H and O–H groups in total. The smallest absolute Gasteiger partial charge is 0.388 e. The Morgan fingerprint density at radius 3 is 2.41 bits per heavy atom. The van der Waals surface area contributed by atoms with Gasteiger partial charge in [-0.2, -0.15) is 13.2 Å². The first-order valence-corrected chi connectivity index (χ1v) is 9.15. The van der Waals surface area contributed by atoms with Gasteiger partial charge < -0.3 is 15.3 Å². The number of amides is 2. The minimum Gasteiger partial charge on any atom is -0.388 e. The average molecular weight is 384 g/mol. The van der Waals surface area contributed by atoms with E-state index in [0.717, 1.165) is 25.0 Å². The van der Waals surface area contributed by atoms with Crippen LogP contribution in [0.2, 0.25) is 0 Å². The van der Waals surface area contributed by atoms with E-state index < -0.39 is 17.3 Å². The molecule has 8 heteroatoms. The number of hydrogen-bond donors (Lipinski definition) is 2. The van der Waals surface area contributed by atoms with Crippen molar-refractivity contribution in [3.05, 3.63) is 35.4 Å². The maximum absolute atomic E-state index is 12.6. The molecule has 0 aromatic heterocycles. The molecule has 2 amide bonds. The molecule has 1 aromatic carbocycles. The van der Waals surface area contributed by atoms with Crippen molar-refractivity contribution in [3.8, 4) is 0 Å². The Labute approximate surface area is 155 Å². The van der Waals surface area contributed by atoms with Crippen molar-refractivity contribution < 1.29 is 27.9 Å². The SMILES string of the molecule is O=C(NC[C@]1(O)CCCN(C(=O)c2ccc(C(F)(F)F)cc2)CC1)C1CC1. The minimum absolute atomic E-state index is 0.0367. The summed E-state index contributed by atoms with van der Waals surface area (Å²) in [7, 11) is 0. The predicted molar refractivity (Wildman–Crippen MR) is 91.9 cm³/mol. The fourth-order valence-electron chi connectivity index (χ4n) is 3.28. The number of aliphatic hydroxyl groups is 1. The molecule has 148 valence electrons. The van der Waals surface area contributed by atoms with Crippen molar-refractivity contribution in [1.82, 2.24) is 10.2 Å². The molecule has 1 aliphatic heterocycles. The van der Waals surface area contributed by atoms with Gasteiger partial charge in [-0.25, -0.2) is 0 Å². The summed E-state index contributed by atoms with van der Waals surface area (Å²) < 4.78 is 37.9. The largest absolute Gasteiger partial charge is 0.416 e. The molecule has 5 nitrogen and oxygen atoms in total. The summed E-state index contributed by atoms with van der Waals surface area (Å²) in [6.45, 7) is 0.860. The van der Waals surface area contributed by atoms with E-state index in [1.807, 2.05) is 0 Å². The summed E-state index contributed by atoms with van der Waals surface area (Å²) in [5.74, 6) is -0.322. The Bertz CT molecular complexity index is 701. The van der Waals surface area contributed by atoms with Gasteiger partial charge in [0.2, 0.25) is 5.91 Å². The highest BCUT2D eigenvalue weighted by atomic mass is 19.4. The van der Waals surface area contributed by atoms with Gasteiger partial charge in [-0.1, -0.05) is 0 Å². The third-order valence-corrected chi connectivity index (χ3v) is 5.20. The third kappa shape index (κ3) is 5.00. The van der Waals surface area contributed by atoms with Gasteiger partial charge in [0.1, 0.15) is 0 Å². The molecule has 2 fully saturated rings. The van der Waals surface area contributed by atoms with Crippen LogP contribution in [0, 0.1) is 5.92 Å². The number of alkyl halides is 3. The molecule has 0 radical (unpaired) electrons.